The molecular weight excluding hydrogens is 182 g/mol. The van der Waals surface area contributed by atoms with Gasteiger partial charge in [-0.15, -0.1) is 11.3 Å². The highest BCUT2D eigenvalue weighted by Crippen LogP contribution is 2.30. The Morgan fingerprint density at radius 2 is 2.38 bits per heavy atom. The van der Waals surface area contributed by atoms with Gasteiger partial charge in [-0.05, 0) is 23.4 Å². The minimum Gasteiger partial charge on any atom is -0.371 e. The Morgan fingerprint density at radius 1 is 1.62 bits per heavy atom. The van der Waals surface area contributed by atoms with E-state index < -0.39 is 0 Å². The molecule has 74 valence electrons. The SMILES string of the molecule is CC.NCC1OCCc2ccsc21. The Balaban J connectivity index is 0.000000396. The van der Waals surface area contributed by atoms with Crippen LogP contribution in [0.5, 0.6) is 0 Å². The summed E-state index contributed by atoms with van der Waals surface area (Å²) in [5, 5.41) is 2.11. The van der Waals surface area contributed by atoms with Gasteiger partial charge in [0.2, 0.25) is 0 Å². The third-order valence-electron chi connectivity index (χ3n) is 1.98. The Hall–Kier alpha value is -0.380. The van der Waals surface area contributed by atoms with Crippen molar-refractivity contribution in [3.05, 3.63) is 21.9 Å². The summed E-state index contributed by atoms with van der Waals surface area (Å²) < 4.78 is 5.50. The number of fused-ring (bicyclic) bond motifs is 1. The van der Waals surface area contributed by atoms with Crippen molar-refractivity contribution in [3.63, 3.8) is 0 Å². The number of hydrogen-bond donors (Lipinski definition) is 1. The van der Waals surface area contributed by atoms with Gasteiger partial charge in [-0.1, -0.05) is 13.8 Å². The highest BCUT2D eigenvalue weighted by Gasteiger charge is 2.19. The molecule has 3 heteroatoms. The maximum atomic E-state index is 5.56. The number of hydrogen-bond acceptors (Lipinski definition) is 3. The minimum atomic E-state index is 0.166. The summed E-state index contributed by atoms with van der Waals surface area (Å²) in [6.07, 6.45) is 1.22. The summed E-state index contributed by atoms with van der Waals surface area (Å²) in [4.78, 5) is 1.33. The first-order valence-electron chi connectivity index (χ1n) is 4.79. The molecule has 1 aromatic rings. The van der Waals surface area contributed by atoms with Gasteiger partial charge in [0.1, 0.15) is 6.10 Å². The second kappa shape index (κ2) is 5.37. The van der Waals surface area contributed by atoms with Gasteiger partial charge in [0.15, 0.2) is 0 Å². The fourth-order valence-electron chi connectivity index (χ4n) is 1.40. The zero-order chi connectivity index (χ0) is 9.68. The van der Waals surface area contributed by atoms with Crippen molar-refractivity contribution in [1.29, 1.82) is 0 Å². The van der Waals surface area contributed by atoms with E-state index in [-0.39, 0.29) is 6.10 Å². The first-order chi connectivity index (χ1) is 6.42. The van der Waals surface area contributed by atoms with Crippen LogP contribution in [0.3, 0.4) is 0 Å². The van der Waals surface area contributed by atoms with Crippen LogP contribution >= 0.6 is 11.3 Å². The summed E-state index contributed by atoms with van der Waals surface area (Å²) in [7, 11) is 0. The summed E-state index contributed by atoms with van der Waals surface area (Å²) >= 11 is 1.75. The van der Waals surface area contributed by atoms with Gasteiger partial charge in [0.25, 0.3) is 0 Å². The molecule has 0 bridgehead atoms. The zero-order valence-electron chi connectivity index (χ0n) is 8.25. The quantitative estimate of drug-likeness (QED) is 0.753. The van der Waals surface area contributed by atoms with Gasteiger partial charge in [-0.2, -0.15) is 0 Å². The largest absolute Gasteiger partial charge is 0.371 e. The van der Waals surface area contributed by atoms with E-state index in [1.54, 1.807) is 11.3 Å². The van der Waals surface area contributed by atoms with Crippen molar-refractivity contribution in [2.75, 3.05) is 13.2 Å². The molecule has 0 aliphatic carbocycles. The summed E-state index contributed by atoms with van der Waals surface area (Å²) in [5.74, 6) is 0. The van der Waals surface area contributed by atoms with Crippen molar-refractivity contribution >= 4 is 11.3 Å². The molecule has 1 aliphatic heterocycles. The molecule has 0 spiro atoms. The van der Waals surface area contributed by atoms with E-state index in [1.807, 2.05) is 13.8 Å². The Kier molecular flexibility index (Phi) is 4.42. The monoisotopic (exact) mass is 199 g/mol. The molecule has 2 nitrogen and oxygen atoms in total. The maximum Gasteiger partial charge on any atom is 0.104 e. The highest BCUT2D eigenvalue weighted by molar-refractivity contribution is 7.10. The highest BCUT2D eigenvalue weighted by atomic mass is 32.1. The van der Waals surface area contributed by atoms with Crippen LogP contribution < -0.4 is 5.73 Å². The molecule has 2 N–H and O–H groups in total. The fourth-order valence-corrected chi connectivity index (χ4v) is 2.41. The molecule has 2 heterocycles. The van der Waals surface area contributed by atoms with E-state index in [1.165, 1.54) is 10.4 Å². The molecule has 0 radical (unpaired) electrons. The molecule has 1 aromatic heterocycles. The van der Waals surface area contributed by atoms with E-state index in [0.29, 0.717) is 6.54 Å². The molecule has 0 amide bonds. The van der Waals surface area contributed by atoms with E-state index in [9.17, 15) is 0 Å². The third-order valence-corrected chi connectivity index (χ3v) is 3.03. The van der Waals surface area contributed by atoms with Crippen LogP contribution in [-0.4, -0.2) is 13.2 Å². The maximum absolute atomic E-state index is 5.56. The molecule has 1 atom stereocenters. The molecule has 0 saturated carbocycles. The van der Waals surface area contributed by atoms with Crippen LogP contribution in [0, 0.1) is 0 Å². The smallest absolute Gasteiger partial charge is 0.104 e. The van der Waals surface area contributed by atoms with Gasteiger partial charge < -0.3 is 10.5 Å². The molecule has 1 unspecified atom stereocenters. The Morgan fingerprint density at radius 3 is 3.08 bits per heavy atom. The summed E-state index contributed by atoms with van der Waals surface area (Å²) in [6.45, 7) is 5.43. The fraction of sp³-hybridized carbons (Fsp3) is 0.600. The van der Waals surface area contributed by atoms with E-state index >= 15 is 0 Å². The van der Waals surface area contributed by atoms with Gasteiger partial charge >= 0.3 is 0 Å². The van der Waals surface area contributed by atoms with Crippen molar-refractivity contribution in [2.24, 2.45) is 5.73 Å². The summed E-state index contributed by atoms with van der Waals surface area (Å²) in [5.41, 5.74) is 6.99. The van der Waals surface area contributed by atoms with Crippen molar-refractivity contribution in [1.82, 2.24) is 0 Å². The molecule has 0 aromatic carbocycles. The van der Waals surface area contributed by atoms with Crippen LogP contribution in [0.1, 0.15) is 30.4 Å². The second-order valence-electron chi connectivity index (χ2n) is 2.66. The first kappa shape index (κ1) is 10.7. The molecular formula is C10H17NOS. The standard InChI is InChI=1S/C8H11NOS.C2H6/c9-5-7-8-6(1-3-10-7)2-4-11-8;1-2/h2,4,7H,1,3,5,9H2;1-2H3. The predicted octanol–water partition coefficient (Wildman–Crippen LogP) is 2.35. The van der Waals surface area contributed by atoms with Crippen molar-refractivity contribution in [3.8, 4) is 0 Å². The number of nitrogens with two attached hydrogens (primary N) is 1. The first-order valence-corrected chi connectivity index (χ1v) is 5.67. The van der Waals surface area contributed by atoms with Gasteiger partial charge in [0, 0.05) is 11.4 Å². The molecule has 1 aliphatic rings. The van der Waals surface area contributed by atoms with Crippen LogP contribution in [0.25, 0.3) is 0 Å². The number of ether oxygens (including phenoxy) is 1. The molecule has 13 heavy (non-hydrogen) atoms. The van der Waals surface area contributed by atoms with Crippen LogP contribution in [0.15, 0.2) is 11.4 Å². The van der Waals surface area contributed by atoms with Gasteiger partial charge in [0.05, 0.1) is 6.61 Å². The lowest BCUT2D eigenvalue weighted by atomic mass is 10.1. The number of thiophene rings is 1. The molecule has 0 saturated heterocycles. The zero-order valence-corrected chi connectivity index (χ0v) is 9.06. The summed E-state index contributed by atoms with van der Waals surface area (Å²) in [6, 6.07) is 2.17. The topological polar surface area (TPSA) is 35.2 Å². The van der Waals surface area contributed by atoms with Crippen molar-refractivity contribution in [2.45, 2.75) is 26.4 Å². The second-order valence-corrected chi connectivity index (χ2v) is 3.60. The molecule has 0 fully saturated rings. The Labute approximate surface area is 83.7 Å². The van der Waals surface area contributed by atoms with Crippen LogP contribution in [0.2, 0.25) is 0 Å². The van der Waals surface area contributed by atoms with Gasteiger partial charge in [-0.3, -0.25) is 0 Å². The predicted molar refractivity (Wildman–Crippen MR) is 57.1 cm³/mol. The van der Waals surface area contributed by atoms with Crippen LogP contribution in [-0.2, 0) is 11.2 Å². The van der Waals surface area contributed by atoms with E-state index in [0.717, 1.165) is 13.0 Å². The lowest BCUT2D eigenvalue weighted by Crippen LogP contribution is -2.21. The van der Waals surface area contributed by atoms with Crippen LogP contribution in [0.4, 0.5) is 0 Å². The number of rotatable bonds is 1. The average Bonchev–Trinajstić information content (AvgIpc) is 2.68. The van der Waals surface area contributed by atoms with E-state index in [2.05, 4.69) is 11.4 Å². The van der Waals surface area contributed by atoms with E-state index in [4.69, 9.17) is 10.5 Å². The lowest BCUT2D eigenvalue weighted by molar-refractivity contribution is 0.0515. The Bertz CT molecular complexity index is 247. The third kappa shape index (κ3) is 2.30. The van der Waals surface area contributed by atoms with Gasteiger partial charge in [-0.25, -0.2) is 0 Å². The average molecular weight is 199 g/mol. The lowest BCUT2D eigenvalue weighted by Gasteiger charge is -2.21. The molecule has 2 rings (SSSR count). The minimum absolute atomic E-state index is 0.166. The normalized spacial score (nSPS) is 20.1. The van der Waals surface area contributed by atoms with Crippen molar-refractivity contribution < 1.29 is 4.74 Å².